The van der Waals surface area contributed by atoms with Crippen molar-refractivity contribution in [3.05, 3.63) is 41.3 Å². The number of Topliss-reactive ketones (excluding diaryl/α,β-unsaturated/α-hetero) is 1. The third-order valence-corrected chi connectivity index (χ3v) is 4.17. The highest BCUT2D eigenvalue weighted by Crippen LogP contribution is 2.44. The Bertz CT molecular complexity index is 433. The van der Waals surface area contributed by atoms with E-state index < -0.39 is 0 Å². The maximum atomic E-state index is 11.6. The molecule has 3 rings (SSSR count). The smallest absolute Gasteiger partial charge is 0.137 e. The molecule has 0 aromatic heterocycles. The van der Waals surface area contributed by atoms with Crippen LogP contribution in [0, 0.1) is 19.3 Å². The first-order chi connectivity index (χ1) is 7.75. The van der Waals surface area contributed by atoms with E-state index in [0.717, 1.165) is 12.8 Å². The second-order valence-electron chi connectivity index (χ2n) is 5.14. The third kappa shape index (κ3) is 1.50. The number of fused-ring (bicyclic) bond motifs is 3. The van der Waals surface area contributed by atoms with Gasteiger partial charge in [-0.15, -0.1) is 0 Å². The van der Waals surface area contributed by atoms with E-state index in [-0.39, 0.29) is 0 Å². The normalized spacial score (nSPS) is 28.4. The van der Waals surface area contributed by atoms with Crippen molar-refractivity contribution in [3.8, 4) is 0 Å². The van der Waals surface area contributed by atoms with Crippen LogP contribution in [0.15, 0.2) is 18.2 Å². The molecule has 0 N–H and O–H groups in total. The number of hydrogen-bond acceptors (Lipinski definition) is 1. The van der Waals surface area contributed by atoms with E-state index in [0.29, 0.717) is 17.6 Å². The molecule has 0 aliphatic heterocycles. The quantitative estimate of drug-likeness (QED) is 0.646. The van der Waals surface area contributed by atoms with Crippen LogP contribution in [0.3, 0.4) is 0 Å². The molecule has 0 spiro atoms. The van der Waals surface area contributed by atoms with Crippen molar-refractivity contribution in [2.24, 2.45) is 5.92 Å². The summed E-state index contributed by atoms with van der Waals surface area (Å²) in [5.74, 6) is 1.47. The highest BCUT2D eigenvalue weighted by Gasteiger charge is 2.35. The van der Waals surface area contributed by atoms with Gasteiger partial charge in [-0.25, -0.2) is 0 Å². The van der Waals surface area contributed by atoms with Crippen molar-refractivity contribution in [2.75, 3.05) is 0 Å². The van der Waals surface area contributed by atoms with Crippen LogP contribution >= 0.6 is 0 Å². The van der Waals surface area contributed by atoms with Crippen molar-refractivity contribution in [3.63, 3.8) is 0 Å². The number of carbonyl (C=O) groups is 1. The lowest BCUT2D eigenvalue weighted by molar-refractivity contribution is -0.117. The van der Waals surface area contributed by atoms with Crippen LogP contribution in [0.1, 0.15) is 41.9 Å². The summed E-state index contributed by atoms with van der Waals surface area (Å²) < 4.78 is 0. The highest BCUT2D eigenvalue weighted by molar-refractivity contribution is 5.89. The Morgan fingerprint density at radius 1 is 1.19 bits per heavy atom. The van der Waals surface area contributed by atoms with Crippen LogP contribution in [0.25, 0.3) is 0 Å². The Morgan fingerprint density at radius 3 is 2.88 bits per heavy atom. The zero-order chi connectivity index (χ0) is 11.1. The van der Waals surface area contributed by atoms with Gasteiger partial charge in [-0.3, -0.25) is 4.79 Å². The lowest BCUT2D eigenvalue weighted by Crippen LogP contribution is -2.29. The van der Waals surface area contributed by atoms with Crippen molar-refractivity contribution in [1.29, 1.82) is 0 Å². The predicted molar refractivity (Wildman–Crippen MR) is 64.3 cm³/mol. The maximum absolute atomic E-state index is 11.6. The fourth-order valence-electron chi connectivity index (χ4n) is 3.35. The lowest BCUT2D eigenvalue weighted by Gasteiger charge is -2.37. The van der Waals surface area contributed by atoms with Crippen LogP contribution in [0.2, 0.25) is 0 Å². The van der Waals surface area contributed by atoms with Gasteiger partial charge in [0.25, 0.3) is 0 Å². The summed E-state index contributed by atoms with van der Waals surface area (Å²) in [6.45, 7) is 2.17. The zero-order valence-electron chi connectivity index (χ0n) is 9.70. The van der Waals surface area contributed by atoms with Crippen LogP contribution in [-0.2, 0) is 11.2 Å². The van der Waals surface area contributed by atoms with E-state index in [4.69, 9.17) is 0 Å². The summed E-state index contributed by atoms with van der Waals surface area (Å²) in [6, 6.07) is 6.54. The number of ketones is 1. The molecule has 2 aliphatic carbocycles. The Balaban J connectivity index is 2.06. The molecular weight excluding hydrogens is 196 g/mol. The highest BCUT2D eigenvalue weighted by atomic mass is 16.1. The number of hydrogen-bond donors (Lipinski definition) is 0. The molecule has 2 unspecified atom stereocenters. The lowest BCUT2D eigenvalue weighted by atomic mass is 9.67. The molecule has 1 heteroatoms. The minimum Gasteiger partial charge on any atom is -0.299 e. The molecule has 1 aromatic carbocycles. The Hall–Kier alpha value is -1.11. The first-order valence-corrected chi connectivity index (χ1v) is 6.22. The van der Waals surface area contributed by atoms with Gasteiger partial charge in [0, 0.05) is 12.8 Å². The summed E-state index contributed by atoms with van der Waals surface area (Å²) in [7, 11) is 0. The van der Waals surface area contributed by atoms with E-state index in [1.807, 2.05) is 6.42 Å². The molecule has 1 radical (unpaired) electrons. The fourth-order valence-corrected chi connectivity index (χ4v) is 3.35. The van der Waals surface area contributed by atoms with Gasteiger partial charge in [0.05, 0.1) is 0 Å². The van der Waals surface area contributed by atoms with E-state index in [1.54, 1.807) is 0 Å². The number of aryl methyl sites for hydroxylation is 2. The number of benzene rings is 1. The molecule has 2 atom stereocenters. The molecule has 1 saturated carbocycles. The van der Waals surface area contributed by atoms with Gasteiger partial charge in [0.1, 0.15) is 5.78 Å². The van der Waals surface area contributed by atoms with E-state index >= 15 is 0 Å². The summed E-state index contributed by atoms with van der Waals surface area (Å²) in [5.41, 5.74) is 4.28. The largest absolute Gasteiger partial charge is 0.299 e. The summed E-state index contributed by atoms with van der Waals surface area (Å²) in [5, 5.41) is 0. The Kier molecular flexibility index (Phi) is 2.34. The van der Waals surface area contributed by atoms with Gasteiger partial charge in [-0.05, 0) is 54.7 Å². The molecule has 1 nitrogen and oxygen atoms in total. The van der Waals surface area contributed by atoms with E-state index in [9.17, 15) is 4.79 Å². The van der Waals surface area contributed by atoms with Crippen molar-refractivity contribution < 1.29 is 4.79 Å². The third-order valence-electron chi connectivity index (χ3n) is 4.17. The van der Waals surface area contributed by atoms with Gasteiger partial charge < -0.3 is 0 Å². The Morgan fingerprint density at radius 2 is 2.00 bits per heavy atom. The van der Waals surface area contributed by atoms with Crippen LogP contribution < -0.4 is 0 Å². The standard InChI is InChI=1S/C15H17O/c1-10-3-2-4-12-6-5-11-7-8-13(16)9-14(11)15(10)12/h2-4,9,11,14H,5-8H2,1H3. The molecule has 0 amide bonds. The molecule has 16 heavy (non-hydrogen) atoms. The minimum absolute atomic E-state index is 0.345. The van der Waals surface area contributed by atoms with Crippen molar-refractivity contribution >= 4 is 5.78 Å². The molecule has 83 valence electrons. The maximum Gasteiger partial charge on any atom is 0.137 e. The monoisotopic (exact) mass is 213 g/mol. The molecule has 2 aliphatic rings. The molecule has 0 bridgehead atoms. The van der Waals surface area contributed by atoms with Gasteiger partial charge in [-0.1, -0.05) is 18.2 Å². The topological polar surface area (TPSA) is 17.1 Å². The van der Waals surface area contributed by atoms with E-state index in [2.05, 4.69) is 25.1 Å². The van der Waals surface area contributed by atoms with E-state index in [1.165, 1.54) is 29.5 Å². The summed E-state index contributed by atoms with van der Waals surface area (Å²) in [4.78, 5) is 11.6. The molecule has 0 heterocycles. The average molecular weight is 213 g/mol. The van der Waals surface area contributed by atoms with Crippen LogP contribution in [0.5, 0.6) is 0 Å². The second kappa shape index (κ2) is 3.73. The summed E-state index contributed by atoms with van der Waals surface area (Å²) >= 11 is 0. The second-order valence-corrected chi connectivity index (χ2v) is 5.14. The predicted octanol–water partition coefficient (Wildman–Crippen LogP) is 3.21. The first kappa shape index (κ1) is 10.1. The SMILES string of the molecule is Cc1cccc2c1C1[CH]C(=O)CCC1CC2. The average Bonchev–Trinajstić information content (AvgIpc) is 2.28. The fraction of sp³-hybridized carbons (Fsp3) is 0.467. The number of carbonyl (C=O) groups excluding carboxylic acids is 1. The van der Waals surface area contributed by atoms with Gasteiger partial charge in [0.15, 0.2) is 0 Å². The van der Waals surface area contributed by atoms with Crippen LogP contribution in [0.4, 0.5) is 0 Å². The Labute approximate surface area is 96.9 Å². The first-order valence-electron chi connectivity index (χ1n) is 6.22. The minimum atomic E-state index is 0.345. The van der Waals surface area contributed by atoms with Gasteiger partial charge >= 0.3 is 0 Å². The number of rotatable bonds is 0. The molecular formula is C15H17O. The van der Waals surface area contributed by atoms with Crippen molar-refractivity contribution in [2.45, 2.75) is 38.5 Å². The molecule has 1 aromatic rings. The molecule has 1 fully saturated rings. The van der Waals surface area contributed by atoms with Crippen LogP contribution in [-0.4, -0.2) is 5.78 Å². The van der Waals surface area contributed by atoms with Crippen molar-refractivity contribution in [1.82, 2.24) is 0 Å². The molecule has 0 saturated heterocycles. The van der Waals surface area contributed by atoms with Gasteiger partial charge in [0.2, 0.25) is 0 Å². The summed E-state index contributed by atoms with van der Waals surface area (Å²) in [6.07, 6.45) is 6.29. The van der Waals surface area contributed by atoms with Gasteiger partial charge in [-0.2, -0.15) is 0 Å². The zero-order valence-corrected chi connectivity index (χ0v) is 9.70.